The van der Waals surface area contributed by atoms with Crippen LogP contribution in [-0.2, 0) is 16.2 Å². The molecule has 1 aliphatic rings. The summed E-state index contributed by atoms with van der Waals surface area (Å²) in [5, 5.41) is 5.02. The second-order valence-corrected chi connectivity index (χ2v) is 9.67. The number of hydrazone groups is 1. The van der Waals surface area contributed by atoms with E-state index in [0.29, 0.717) is 33.7 Å². The SMILES string of the molecule is COc1cc(/C=N\NC(=O)[C@H]2CC(=O)N(c3ccc(C)c(C)c3)C2)ccc1OCc1ccc(Cl)c(Cl)c1. The molecule has 1 fully saturated rings. The molecule has 1 N–H and O–H groups in total. The number of rotatable bonds is 8. The molecule has 7 nitrogen and oxygen atoms in total. The van der Waals surface area contributed by atoms with Gasteiger partial charge in [0.2, 0.25) is 11.8 Å². The predicted molar refractivity (Wildman–Crippen MR) is 146 cm³/mol. The molecule has 0 bridgehead atoms. The molecule has 1 atom stereocenters. The number of halogens is 2. The van der Waals surface area contributed by atoms with Crippen LogP contribution in [0.3, 0.4) is 0 Å². The third kappa shape index (κ3) is 6.42. The first-order chi connectivity index (χ1) is 17.7. The standard InChI is InChI=1S/C28H27Cl2N3O4/c1-17-4-7-22(10-18(17)2)33-15-21(13-27(33)34)28(35)32-31-14-19-6-9-25(26(12-19)36-3)37-16-20-5-8-23(29)24(30)11-20/h4-12,14,21H,13,15-16H2,1-3H3,(H,32,35)/b31-14-/t21-/m0/s1. The fraction of sp³-hybridized carbons (Fsp3) is 0.250. The maximum Gasteiger partial charge on any atom is 0.245 e. The van der Waals surface area contributed by atoms with Crippen molar-refractivity contribution in [1.29, 1.82) is 0 Å². The van der Waals surface area contributed by atoms with Gasteiger partial charge in [-0.1, -0.05) is 35.3 Å². The Morgan fingerprint density at radius 2 is 1.86 bits per heavy atom. The van der Waals surface area contributed by atoms with Gasteiger partial charge in [0.15, 0.2) is 11.5 Å². The van der Waals surface area contributed by atoms with Crippen molar-refractivity contribution in [1.82, 2.24) is 5.43 Å². The highest BCUT2D eigenvalue weighted by molar-refractivity contribution is 6.42. The molecule has 3 aromatic carbocycles. The Labute approximate surface area is 226 Å². The summed E-state index contributed by atoms with van der Waals surface area (Å²) in [5.74, 6) is 0.211. The molecule has 2 amide bonds. The van der Waals surface area contributed by atoms with Crippen molar-refractivity contribution in [2.24, 2.45) is 11.0 Å². The van der Waals surface area contributed by atoms with E-state index in [4.69, 9.17) is 32.7 Å². The molecule has 3 aromatic rings. The minimum atomic E-state index is -0.474. The molecule has 37 heavy (non-hydrogen) atoms. The number of amides is 2. The Balaban J connectivity index is 1.34. The van der Waals surface area contributed by atoms with Crippen molar-refractivity contribution < 1.29 is 19.1 Å². The number of carbonyl (C=O) groups is 2. The highest BCUT2D eigenvalue weighted by Gasteiger charge is 2.35. The molecular weight excluding hydrogens is 513 g/mol. The molecule has 0 aliphatic carbocycles. The van der Waals surface area contributed by atoms with E-state index in [9.17, 15) is 9.59 Å². The van der Waals surface area contributed by atoms with E-state index in [1.807, 2.05) is 38.1 Å². The number of benzene rings is 3. The normalized spacial score (nSPS) is 15.3. The van der Waals surface area contributed by atoms with Crippen LogP contribution in [0.25, 0.3) is 0 Å². The van der Waals surface area contributed by atoms with Crippen LogP contribution in [0, 0.1) is 19.8 Å². The van der Waals surface area contributed by atoms with Crippen molar-refractivity contribution >= 4 is 46.9 Å². The van der Waals surface area contributed by atoms with E-state index < -0.39 is 5.92 Å². The number of anilines is 1. The van der Waals surface area contributed by atoms with E-state index in [0.717, 1.165) is 22.4 Å². The van der Waals surface area contributed by atoms with Crippen LogP contribution in [0.5, 0.6) is 11.5 Å². The highest BCUT2D eigenvalue weighted by Crippen LogP contribution is 2.30. The molecule has 192 valence electrons. The predicted octanol–water partition coefficient (Wildman–Crippen LogP) is 5.70. The summed E-state index contributed by atoms with van der Waals surface area (Å²) in [4.78, 5) is 26.8. The summed E-state index contributed by atoms with van der Waals surface area (Å²) < 4.78 is 11.3. The van der Waals surface area contributed by atoms with E-state index >= 15 is 0 Å². The van der Waals surface area contributed by atoms with Gasteiger partial charge in [-0.05, 0) is 78.6 Å². The smallest absolute Gasteiger partial charge is 0.245 e. The van der Waals surface area contributed by atoms with Gasteiger partial charge in [-0.15, -0.1) is 0 Å². The maximum absolute atomic E-state index is 12.7. The van der Waals surface area contributed by atoms with Crippen LogP contribution in [0.15, 0.2) is 59.7 Å². The average molecular weight is 540 g/mol. The molecular formula is C28H27Cl2N3O4. The monoisotopic (exact) mass is 539 g/mol. The number of nitrogens with one attached hydrogen (secondary N) is 1. The Morgan fingerprint density at radius 1 is 1.05 bits per heavy atom. The van der Waals surface area contributed by atoms with E-state index in [1.165, 1.54) is 6.21 Å². The number of ether oxygens (including phenoxy) is 2. The Hall–Kier alpha value is -3.55. The summed E-state index contributed by atoms with van der Waals surface area (Å²) in [7, 11) is 1.54. The van der Waals surface area contributed by atoms with Gasteiger partial charge in [0.1, 0.15) is 6.61 Å². The summed E-state index contributed by atoms with van der Waals surface area (Å²) >= 11 is 12.0. The molecule has 0 radical (unpaired) electrons. The number of carbonyl (C=O) groups excluding carboxylic acids is 2. The first-order valence-electron chi connectivity index (χ1n) is 11.7. The molecule has 4 rings (SSSR count). The van der Waals surface area contributed by atoms with Crippen molar-refractivity contribution in [3.05, 3.63) is 86.9 Å². The number of hydrogen-bond donors (Lipinski definition) is 1. The van der Waals surface area contributed by atoms with Gasteiger partial charge >= 0.3 is 0 Å². The van der Waals surface area contributed by atoms with Crippen molar-refractivity contribution in [2.45, 2.75) is 26.9 Å². The fourth-order valence-corrected chi connectivity index (χ4v) is 4.28. The van der Waals surface area contributed by atoms with Crippen LogP contribution in [0.2, 0.25) is 10.0 Å². The molecule has 1 saturated heterocycles. The summed E-state index contributed by atoms with van der Waals surface area (Å²) in [6.07, 6.45) is 1.66. The topological polar surface area (TPSA) is 80.2 Å². The minimum absolute atomic E-state index is 0.0754. The van der Waals surface area contributed by atoms with Crippen LogP contribution in [0.4, 0.5) is 5.69 Å². The number of hydrogen-bond acceptors (Lipinski definition) is 5. The van der Waals surface area contributed by atoms with E-state index in [1.54, 1.807) is 42.3 Å². The van der Waals surface area contributed by atoms with Gasteiger partial charge in [-0.3, -0.25) is 9.59 Å². The first-order valence-corrected chi connectivity index (χ1v) is 12.5. The first kappa shape index (κ1) is 26.5. The van der Waals surface area contributed by atoms with Crippen molar-refractivity contribution in [2.75, 3.05) is 18.6 Å². The largest absolute Gasteiger partial charge is 0.493 e. The second-order valence-electron chi connectivity index (χ2n) is 8.86. The molecule has 0 aromatic heterocycles. The molecule has 0 spiro atoms. The lowest BCUT2D eigenvalue weighted by atomic mass is 10.1. The number of nitrogens with zero attached hydrogens (tertiary/aromatic N) is 2. The van der Waals surface area contributed by atoms with Gasteiger partial charge in [0, 0.05) is 18.7 Å². The Kier molecular flexibility index (Phi) is 8.36. The summed E-state index contributed by atoms with van der Waals surface area (Å²) in [5.41, 5.74) is 7.19. The number of methoxy groups -OCH3 is 1. The molecule has 1 heterocycles. The molecule has 1 aliphatic heterocycles. The second kappa shape index (κ2) is 11.7. The Bertz CT molecular complexity index is 1360. The fourth-order valence-electron chi connectivity index (χ4n) is 3.96. The number of aryl methyl sites for hydroxylation is 2. The van der Waals surface area contributed by atoms with Crippen LogP contribution in [-0.4, -0.2) is 31.7 Å². The zero-order valence-electron chi connectivity index (χ0n) is 20.8. The zero-order chi connectivity index (χ0) is 26.5. The third-order valence-corrected chi connectivity index (χ3v) is 6.99. The van der Waals surface area contributed by atoms with E-state index in [2.05, 4.69) is 10.5 Å². The lowest BCUT2D eigenvalue weighted by molar-refractivity contribution is -0.126. The quantitative estimate of drug-likeness (QED) is 0.294. The van der Waals surface area contributed by atoms with Crippen molar-refractivity contribution in [3.8, 4) is 11.5 Å². The molecule has 0 saturated carbocycles. The third-order valence-electron chi connectivity index (χ3n) is 6.25. The lowest BCUT2D eigenvalue weighted by Crippen LogP contribution is -2.30. The van der Waals surface area contributed by atoms with Crippen molar-refractivity contribution in [3.63, 3.8) is 0 Å². The summed E-state index contributed by atoms with van der Waals surface area (Å²) in [6, 6.07) is 16.5. The van der Waals surface area contributed by atoms with Crippen LogP contribution >= 0.6 is 23.2 Å². The zero-order valence-corrected chi connectivity index (χ0v) is 22.3. The van der Waals surface area contributed by atoms with Gasteiger partial charge in [-0.25, -0.2) is 5.43 Å². The van der Waals surface area contributed by atoms with E-state index in [-0.39, 0.29) is 24.8 Å². The van der Waals surface area contributed by atoms with Gasteiger partial charge in [-0.2, -0.15) is 5.10 Å². The lowest BCUT2D eigenvalue weighted by Gasteiger charge is -2.17. The van der Waals surface area contributed by atoms with Gasteiger partial charge in [0.05, 0.1) is 29.3 Å². The van der Waals surface area contributed by atoms with Gasteiger partial charge in [0.25, 0.3) is 0 Å². The van der Waals surface area contributed by atoms with Gasteiger partial charge < -0.3 is 14.4 Å². The molecule has 9 heteroatoms. The summed E-state index contributed by atoms with van der Waals surface area (Å²) in [6.45, 7) is 4.63. The van der Waals surface area contributed by atoms with Crippen LogP contribution in [0.1, 0.15) is 28.7 Å². The minimum Gasteiger partial charge on any atom is -0.493 e. The highest BCUT2D eigenvalue weighted by atomic mass is 35.5. The molecule has 0 unspecified atom stereocenters. The van der Waals surface area contributed by atoms with Crippen LogP contribution < -0.4 is 19.8 Å². The average Bonchev–Trinajstić information content (AvgIpc) is 3.28. The Morgan fingerprint density at radius 3 is 2.59 bits per heavy atom. The maximum atomic E-state index is 12.7.